The largest absolute Gasteiger partial charge is 0.338 e. The van der Waals surface area contributed by atoms with Gasteiger partial charge >= 0.3 is 0 Å². The SMILES string of the molecule is Cn1nnc2cc(C(=O)N3CCC[C@H](CCc4ccc(F)cc4)C3)cnc21. The van der Waals surface area contributed by atoms with Crippen molar-refractivity contribution < 1.29 is 9.18 Å². The molecule has 1 aliphatic rings. The molecule has 140 valence electrons. The summed E-state index contributed by atoms with van der Waals surface area (Å²) >= 11 is 0. The van der Waals surface area contributed by atoms with Crippen LogP contribution in [-0.4, -0.2) is 43.9 Å². The third-order valence-corrected chi connectivity index (χ3v) is 5.25. The number of nitrogens with zero attached hydrogens (tertiary/aromatic N) is 5. The van der Waals surface area contributed by atoms with Crippen LogP contribution >= 0.6 is 0 Å². The number of fused-ring (bicyclic) bond motifs is 1. The summed E-state index contributed by atoms with van der Waals surface area (Å²) in [5.74, 6) is 0.254. The zero-order valence-electron chi connectivity index (χ0n) is 15.3. The second kappa shape index (κ2) is 7.42. The maximum absolute atomic E-state index is 13.0. The Morgan fingerprint density at radius 1 is 1.30 bits per heavy atom. The average Bonchev–Trinajstić information content (AvgIpc) is 3.07. The summed E-state index contributed by atoms with van der Waals surface area (Å²) in [7, 11) is 1.78. The first-order valence-corrected chi connectivity index (χ1v) is 9.29. The number of carbonyl (C=O) groups excluding carboxylic acids is 1. The van der Waals surface area contributed by atoms with Gasteiger partial charge in [0.15, 0.2) is 5.65 Å². The highest BCUT2D eigenvalue weighted by Crippen LogP contribution is 2.23. The summed E-state index contributed by atoms with van der Waals surface area (Å²) < 4.78 is 14.6. The van der Waals surface area contributed by atoms with Gasteiger partial charge in [-0.05, 0) is 55.4 Å². The molecule has 1 atom stereocenters. The topological polar surface area (TPSA) is 63.9 Å². The van der Waals surface area contributed by atoms with Crippen LogP contribution in [0.15, 0.2) is 36.5 Å². The second-order valence-electron chi connectivity index (χ2n) is 7.20. The summed E-state index contributed by atoms with van der Waals surface area (Å²) in [5.41, 5.74) is 3.00. The Morgan fingerprint density at radius 2 is 2.11 bits per heavy atom. The predicted octanol–water partition coefficient (Wildman–Crippen LogP) is 2.99. The molecule has 0 unspecified atom stereocenters. The Hall–Kier alpha value is -2.83. The van der Waals surface area contributed by atoms with Gasteiger partial charge < -0.3 is 4.90 Å². The Morgan fingerprint density at radius 3 is 2.93 bits per heavy atom. The van der Waals surface area contributed by atoms with Crippen molar-refractivity contribution in [2.24, 2.45) is 13.0 Å². The minimum Gasteiger partial charge on any atom is -0.338 e. The van der Waals surface area contributed by atoms with Gasteiger partial charge in [0.05, 0.1) is 5.56 Å². The maximum atomic E-state index is 13.0. The summed E-state index contributed by atoms with van der Waals surface area (Å²) in [6.45, 7) is 1.52. The van der Waals surface area contributed by atoms with Gasteiger partial charge in [-0.3, -0.25) is 4.79 Å². The molecule has 0 N–H and O–H groups in total. The molecule has 27 heavy (non-hydrogen) atoms. The molecule has 6 nitrogen and oxygen atoms in total. The van der Waals surface area contributed by atoms with Gasteiger partial charge in [0.2, 0.25) is 0 Å². The normalized spacial score (nSPS) is 17.4. The molecule has 0 spiro atoms. The third-order valence-electron chi connectivity index (χ3n) is 5.25. The van der Waals surface area contributed by atoms with E-state index in [-0.39, 0.29) is 11.7 Å². The highest BCUT2D eigenvalue weighted by Gasteiger charge is 2.25. The number of piperidine rings is 1. The molecule has 4 rings (SSSR count). The maximum Gasteiger partial charge on any atom is 0.255 e. The van der Waals surface area contributed by atoms with E-state index < -0.39 is 0 Å². The molecule has 3 heterocycles. The zero-order chi connectivity index (χ0) is 18.8. The second-order valence-corrected chi connectivity index (χ2v) is 7.20. The molecule has 0 bridgehead atoms. The van der Waals surface area contributed by atoms with Gasteiger partial charge in [0, 0.05) is 26.3 Å². The van der Waals surface area contributed by atoms with E-state index in [4.69, 9.17) is 0 Å². The first-order valence-electron chi connectivity index (χ1n) is 9.29. The number of aromatic nitrogens is 4. The molecule has 1 amide bonds. The van der Waals surface area contributed by atoms with E-state index in [1.165, 1.54) is 12.1 Å². The monoisotopic (exact) mass is 367 g/mol. The number of benzene rings is 1. The van der Waals surface area contributed by atoms with E-state index in [9.17, 15) is 9.18 Å². The molecular formula is C20H22FN5O. The number of likely N-dealkylation sites (tertiary alicyclic amines) is 1. The van der Waals surface area contributed by atoms with Crippen molar-refractivity contribution in [3.8, 4) is 0 Å². The van der Waals surface area contributed by atoms with Crippen molar-refractivity contribution in [3.63, 3.8) is 0 Å². The average molecular weight is 367 g/mol. The summed E-state index contributed by atoms with van der Waals surface area (Å²) in [6.07, 6.45) is 5.63. The van der Waals surface area contributed by atoms with E-state index in [2.05, 4.69) is 15.3 Å². The minimum atomic E-state index is -0.207. The van der Waals surface area contributed by atoms with Crippen LogP contribution in [0.4, 0.5) is 4.39 Å². The molecule has 0 aliphatic carbocycles. The van der Waals surface area contributed by atoms with Gasteiger partial charge in [-0.15, -0.1) is 5.10 Å². The van der Waals surface area contributed by atoms with Crippen molar-refractivity contribution in [2.75, 3.05) is 13.1 Å². The fourth-order valence-electron chi connectivity index (χ4n) is 3.73. The fraction of sp³-hybridized carbons (Fsp3) is 0.400. The Balaban J connectivity index is 1.40. The van der Waals surface area contributed by atoms with Crippen LogP contribution in [0, 0.1) is 11.7 Å². The number of rotatable bonds is 4. The highest BCUT2D eigenvalue weighted by molar-refractivity contribution is 5.96. The third kappa shape index (κ3) is 3.82. The van der Waals surface area contributed by atoms with E-state index >= 15 is 0 Å². The molecule has 1 aromatic carbocycles. The van der Waals surface area contributed by atoms with Crippen LogP contribution in [0.25, 0.3) is 11.2 Å². The summed E-state index contributed by atoms with van der Waals surface area (Å²) in [4.78, 5) is 19.1. The van der Waals surface area contributed by atoms with Crippen molar-refractivity contribution in [3.05, 3.63) is 53.5 Å². The number of aryl methyl sites for hydroxylation is 2. The van der Waals surface area contributed by atoms with Crippen LogP contribution in [0.1, 0.15) is 35.2 Å². The molecule has 0 radical (unpaired) electrons. The first-order chi connectivity index (χ1) is 13.1. The minimum absolute atomic E-state index is 0.00142. The smallest absolute Gasteiger partial charge is 0.255 e. The van der Waals surface area contributed by atoms with E-state index in [0.29, 0.717) is 22.6 Å². The summed E-state index contributed by atoms with van der Waals surface area (Å²) in [6, 6.07) is 8.44. The number of halogens is 1. The van der Waals surface area contributed by atoms with E-state index in [1.54, 1.807) is 24.0 Å². The van der Waals surface area contributed by atoms with Crippen molar-refractivity contribution in [2.45, 2.75) is 25.7 Å². The lowest BCUT2D eigenvalue weighted by Gasteiger charge is -2.33. The van der Waals surface area contributed by atoms with Crippen molar-refractivity contribution in [1.82, 2.24) is 24.9 Å². The molecule has 1 fully saturated rings. The van der Waals surface area contributed by atoms with Crippen LogP contribution < -0.4 is 0 Å². The van der Waals surface area contributed by atoms with Gasteiger partial charge in [-0.2, -0.15) is 0 Å². The first kappa shape index (κ1) is 17.6. The van der Waals surface area contributed by atoms with Gasteiger partial charge in [0.1, 0.15) is 11.3 Å². The van der Waals surface area contributed by atoms with E-state index in [1.807, 2.05) is 17.0 Å². The van der Waals surface area contributed by atoms with Crippen LogP contribution in [-0.2, 0) is 13.5 Å². The van der Waals surface area contributed by atoms with Crippen molar-refractivity contribution >= 4 is 17.1 Å². The predicted molar refractivity (Wildman–Crippen MR) is 99.7 cm³/mol. The standard InChI is InChI=1S/C20H22FN5O/c1-25-19-18(23-24-25)11-16(12-22-19)20(27)26-10-2-3-15(13-26)5-4-14-6-8-17(21)9-7-14/h6-9,11-12,15H,2-5,10,13H2,1H3/t15-/m1/s1. The quantitative estimate of drug-likeness (QED) is 0.711. The molecule has 2 aromatic heterocycles. The van der Waals surface area contributed by atoms with Gasteiger partial charge in [0.25, 0.3) is 5.91 Å². The molecule has 1 saturated heterocycles. The Kier molecular flexibility index (Phi) is 4.83. The lowest BCUT2D eigenvalue weighted by Crippen LogP contribution is -2.40. The molecule has 7 heteroatoms. The Labute approximate surface area is 157 Å². The Bertz CT molecular complexity index is 953. The highest BCUT2D eigenvalue weighted by atomic mass is 19.1. The molecule has 3 aromatic rings. The van der Waals surface area contributed by atoms with Crippen LogP contribution in [0.5, 0.6) is 0 Å². The molecule has 0 saturated carbocycles. The lowest BCUT2D eigenvalue weighted by molar-refractivity contribution is 0.0668. The molecule has 1 aliphatic heterocycles. The number of hydrogen-bond acceptors (Lipinski definition) is 4. The van der Waals surface area contributed by atoms with Gasteiger partial charge in [-0.1, -0.05) is 17.3 Å². The van der Waals surface area contributed by atoms with E-state index in [0.717, 1.165) is 44.3 Å². The molecular weight excluding hydrogens is 345 g/mol. The van der Waals surface area contributed by atoms with Gasteiger partial charge in [-0.25, -0.2) is 14.1 Å². The number of amides is 1. The fourth-order valence-corrected chi connectivity index (χ4v) is 3.73. The number of carbonyl (C=O) groups is 1. The lowest BCUT2D eigenvalue weighted by atomic mass is 9.91. The summed E-state index contributed by atoms with van der Waals surface area (Å²) in [5, 5.41) is 7.98. The number of pyridine rings is 1. The zero-order valence-corrected chi connectivity index (χ0v) is 15.3. The van der Waals surface area contributed by atoms with Crippen LogP contribution in [0.2, 0.25) is 0 Å². The van der Waals surface area contributed by atoms with Crippen molar-refractivity contribution in [1.29, 1.82) is 0 Å². The number of hydrogen-bond donors (Lipinski definition) is 0. The van der Waals surface area contributed by atoms with Crippen LogP contribution in [0.3, 0.4) is 0 Å².